The summed E-state index contributed by atoms with van der Waals surface area (Å²) in [5.74, 6) is -0.487. The van der Waals surface area contributed by atoms with Crippen LogP contribution in [0, 0.1) is 0 Å². The van der Waals surface area contributed by atoms with Gasteiger partial charge < -0.3 is 9.47 Å². The largest absolute Gasteiger partial charge is 0.493 e. The Hall–Kier alpha value is -1.65. The molecule has 0 aliphatic carbocycles. The van der Waals surface area contributed by atoms with Crippen molar-refractivity contribution < 1.29 is 14.3 Å². The normalized spacial score (nSPS) is 20.7. The van der Waals surface area contributed by atoms with E-state index in [9.17, 15) is 4.79 Å². The minimum absolute atomic E-state index is 0.0469. The molecule has 82 valence electrons. The molecule has 0 N–H and O–H groups in total. The monoisotopic (exact) mass is 210 g/mol. The lowest BCUT2D eigenvalue weighted by molar-refractivity contribution is -0.134. The van der Waals surface area contributed by atoms with E-state index in [0.717, 1.165) is 19.1 Å². The summed E-state index contributed by atoms with van der Waals surface area (Å²) in [5.41, 5.74) is 0. The molecule has 1 aliphatic rings. The van der Waals surface area contributed by atoms with Crippen LogP contribution in [0.4, 0.5) is 0 Å². The molecule has 1 heterocycles. The predicted molar refractivity (Wildman–Crippen MR) is 56.9 cm³/mol. The molecule has 0 amide bonds. The third kappa shape index (κ3) is 4.95. The van der Waals surface area contributed by atoms with E-state index < -0.39 is 5.97 Å². The summed E-state index contributed by atoms with van der Waals surface area (Å²) in [4.78, 5) is 10.8. The molecule has 15 heavy (non-hydrogen) atoms. The topological polar surface area (TPSA) is 60.2 Å². The second-order valence-corrected chi connectivity index (χ2v) is 2.88. The first-order valence-corrected chi connectivity index (χ1v) is 4.86. The Labute approximate surface area is 88.5 Å². The van der Waals surface area contributed by atoms with Crippen LogP contribution >= 0.6 is 0 Å². The van der Waals surface area contributed by atoms with Gasteiger partial charge in [-0.2, -0.15) is 10.2 Å². The van der Waals surface area contributed by atoms with Crippen LogP contribution < -0.4 is 0 Å². The number of ether oxygens (including phenoxy) is 2. The van der Waals surface area contributed by atoms with Crippen LogP contribution in [0.25, 0.3) is 0 Å². The summed E-state index contributed by atoms with van der Waals surface area (Å²) >= 11 is 0. The lowest BCUT2D eigenvalue weighted by Crippen LogP contribution is -2.13. The molecule has 1 rings (SSSR count). The fourth-order valence-electron chi connectivity index (χ4n) is 1.04. The number of esters is 1. The Bertz CT molecular complexity index is 284. The Morgan fingerprint density at radius 2 is 2.53 bits per heavy atom. The number of carbonyl (C=O) groups excluding carboxylic acids is 1. The number of nitrogens with zero attached hydrogens (tertiary/aromatic N) is 2. The zero-order chi connectivity index (χ0) is 10.9. The van der Waals surface area contributed by atoms with Crippen LogP contribution in [-0.4, -0.2) is 31.1 Å². The molecular formula is C10H14N2O3. The molecule has 0 saturated heterocycles. The average molecular weight is 210 g/mol. The quantitative estimate of drug-likeness (QED) is 0.399. The Morgan fingerprint density at radius 1 is 1.67 bits per heavy atom. The van der Waals surface area contributed by atoms with Crippen molar-refractivity contribution in [2.24, 2.45) is 10.2 Å². The number of allylic oxidation sites excluding steroid dienone is 1. The molecule has 0 radical (unpaired) electrons. The van der Waals surface area contributed by atoms with E-state index in [1.807, 2.05) is 6.08 Å². The summed E-state index contributed by atoms with van der Waals surface area (Å²) in [6, 6.07) is 0. The second-order valence-electron chi connectivity index (χ2n) is 2.88. The molecular weight excluding hydrogens is 196 g/mol. The highest BCUT2D eigenvalue weighted by Gasteiger charge is 2.06. The fraction of sp³-hybridized carbons (Fsp3) is 0.500. The van der Waals surface area contributed by atoms with E-state index in [1.165, 1.54) is 0 Å². The van der Waals surface area contributed by atoms with E-state index >= 15 is 0 Å². The maximum absolute atomic E-state index is 10.8. The smallest absolute Gasteiger partial charge is 0.351 e. The number of carbonyl (C=O) groups is 1. The van der Waals surface area contributed by atoms with Gasteiger partial charge in [0.2, 0.25) is 0 Å². The van der Waals surface area contributed by atoms with Gasteiger partial charge in [-0.05, 0) is 25.8 Å². The molecule has 0 aromatic carbocycles. The van der Waals surface area contributed by atoms with Gasteiger partial charge in [0, 0.05) is 0 Å². The number of rotatable bonds is 4. The van der Waals surface area contributed by atoms with Crippen molar-refractivity contribution in [3.63, 3.8) is 0 Å². The first kappa shape index (κ1) is 11.4. The maximum atomic E-state index is 10.8. The molecule has 0 spiro atoms. The van der Waals surface area contributed by atoms with E-state index in [2.05, 4.69) is 14.9 Å². The van der Waals surface area contributed by atoms with Crippen molar-refractivity contribution in [1.29, 1.82) is 0 Å². The van der Waals surface area contributed by atoms with E-state index in [-0.39, 0.29) is 6.10 Å². The van der Waals surface area contributed by atoms with Crippen LogP contribution in [0.1, 0.15) is 19.8 Å². The molecule has 5 nitrogen and oxygen atoms in total. The third-order valence-corrected chi connectivity index (χ3v) is 1.72. The Kier molecular flexibility index (Phi) is 5.14. The van der Waals surface area contributed by atoms with Gasteiger partial charge in [-0.3, -0.25) is 0 Å². The zero-order valence-corrected chi connectivity index (χ0v) is 8.63. The van der Waals surface area contributed by atoms with Gasteiger partial charge in [-0.15, -0.1) is 0 Å². The molecule has 0 saturated carbocycles. The highest BCUT2D eigenvalue weighted by Crippen LogP contribution is 2.07. The minimum Gasteiger partial charge on any atom is -0.493 e. The summed E-state index contributed by atoms with van der Waals surface area (Å²) in [7, 11) is 0. The average Bonchev–Trinajstić information content (AvgIpc) is 2.26. The fourth-order valence-corrected chi connectivity index (χ4v) is 1.04. The molecule has 1 atom stereocenters. The van der Waals surface area contributed by atoms with Crippen molar-refractivity contribution in [1.82, 2.24) is 0 Å². The van der Waals surface area contributed by atoms with Crippen LogP contribution in [0.15, 0.2) is 22.5 Å². The van der Waals surface area contributed by atoms with Gasteiger partial charge >= 0.3 is 5.97 Å². The first-order chi connectivity index (χ1) is 7.33. The minimum atomic E-state index is -0.487. The van der Waals surface area contributed by atoms with Gasteiger partial charge in [0.1, 0.15) is 12.3 Å². The lowest BCUT2D eigenvalue weighted by Gasteiger charge is -2.13. The van der Waals surface area contributed by atoms with E-state index in [4.69, 9.17) is 4.74 Å². The van der Waals surface area contributed by atoms with Crippen molar-refractivity contribution in [2.75, 3.05) is 6.61 Å². The molecule has 1 aliphatic heterocycles. The molecule has 5 heteroatoms. The highest BCUT2D eigenvalue weighted by molar-refractivity contribution is 6.23. The molecule has 0 aromatic heterocycles. The van der Waals surface area contributed by atoms with Crippen LogP contribution in [0.2, 0.25) is 0 Å². The second kappa shape index (κ2) is 6.75. The molecule has 0 bridgehead atoms. The maximum Gasteiger partial charge on any atom is 0.351 e. The van der Waals surface area contributed by atoms with Crippen molar-refractivity contribution in [3.05, 3.63) is 12.3 Å². The van der Waals surface area contributed by atoms with Crippen molar-refractivity contribution in [2.45, 2.75) is 25.9 Å². The van der Waals surface area contributed by atoms with Gasteiger partial charge in [0.15, 0.2) is 0 Å². The van der Waals surface area contributed by atoms with E-state index in [0.29, 0.717) is 6.61 Å². The van der Waals surface area contributed by atoms with Crippen LogP contribution in [0.3, 0.4) is 0 Å². The number of hydrogen-bond acceptors (Lipinski definition) is 5. The highest BCUT2D eigenvalue weighted by atomic mass is 16.5. The predicted octanol–water partition coefficient (Wildman–Crippen LogP) is 1.30. The summed E-state index contributed by atoms with van der Waals surface area (Å²) in [6.07, 6.45) is 8.02. The SMILES string of the molecule is CCOC(=O)/C=N/N=C/C1CCC=CO1. The Balaban J connectivity index is 2.26. The van der Waals surface area contributed by atoms with Crippen molar-refractivity contribution in [3.8, 4) is 0 Å². The van der Waals surface area contributed by atoms with E-state index in [1.54, 1.807) is 19.4 Å². The van der Waals surface area contributed by atoms with Gasteiger partial charge in [-0.1, -0.05) is 0 Å². The molecule has 0 fully saturated rings. The van der Waals surface area contributed by atoms with Crippen LogP contribution in [0.5, 0.6) is 0 Å². The third-order valence-electron chi connectivity index (χ3n) is 1.72. The zero-order valence-electron chi connectivity index (χ0n) is 8.63. The molecule has 0 aromatic rings. The Morgan fingerprint density at radius 3 is 3.20 bits per heavy atom. The lowest BCUT2D eigenvalue weighted by atomic mass is 10.2. The first-order valence-electron chi connectivity index (χ1n) is 4.86. The summed E-state index contributed by atoms with van der Waals surface area (Å²) in [5, 5.41) is 7.25. The van der Waals surface area contributed by atoms with Gasteiger partial charge in [0.25, 0.3) is 0 Å². The van der Waals surface area contributed by atoms with Crippen molar-refractivity contribution >= 4 is 18.4 Å². The standard InChI is InChI=1S/C10H14N2O3/c1-2-14-10(13)8-12-11-7-9-5-3-4-6-15-9/h4,6-9H,2-3,5H2,1H3/b11-7+,12-8+. The summed E-state index contributed by atoms with van der Waals surface area (Å²) < 4.78 is 9.84. The molecule has 1 unspecified atom stereocenters. The van der Waals surface area contributed by atoms with Gasteiger partial charge in [-0.25, -0.2) is 4.79 Å². The van der Waals surface area contributed by atoms with Gasteiger partial charge in [0.05, 0.1) is 19.1 Å². The summed E-state index contributed by atoms with van der Waals surface area (Å²) in [6.45, 7) is 2.07. The number of hydrogen-bond donors (Lipinski definition) is 0. The van der Waals surface area contributed by atoms with Crippen LogP contribution in [-0.2, 0) is 14.3 Å².